The molecule has 6 nitrogen and oxygen atoms in total. The first-order valence-corrected chi connectivity index (χ1v) is 8.70. The van der Waals surface area contributed by atoms with Gasteiger partial charge < -0.3 is 15.1 Å². The normalized spacial score (nSPS) is 14.4. The third kappa shape index (κ3) is 3.73. The molecular formula is C19H25N5O. The molecule has 1 aliphatic carbocycles. The monoisotopic (exact) mass is 339 g/mol. The molecule has 0 radical (unpaired) electrons. The SMILES string of the molecule is Cc1cccnc1Nc1cc(N(C=O)C2CCCC2)c(N(C)C)cn1. The Morgan fingerprint density at radius 2 is 1.96 bits per heavy atom. The predicted molar refractivity (Wildman–Crippen MR) is 102 cm³/mol. The third-order valence-electron chi connectivity index (χ3n) is 4.71. The van der Waals surface area contributed by atoms with Gasteiger partial charge in [0.15, 0.2) is 0 Å². The van der Waals surface area contributed by atoms with Gasteiger partial charge in [-0.1, -0.05) is 18.9 Å². The molecule has 2 heterocycles. The van der Waals surface area contributed by atoms with E-state index in [0.717, 1.165) is 42.0 Å². The molecule has 0 spiro atoms. The first kappa shape index (κ1) is 17.2. The molecule has 0 atom stereocenters. The Kier molecular flexibility index (Phi) is 5.16. The maximum atomic E-state index is 11.8. The summed E-state index contributed by atoms with van der Waals surface area (Å²) in [5, 5.41) is 3.26. The molecule has 1 fully saturated rings. The number of nitrogens with zero attached hydrogens (tertiary/aromatic N) is 4. The fourth-order valence-electron chi connectivity index (χ4n) is 3.32. The van der Waals surface area contributed by atoms with E-state index in [1.54, 1.807) is 12.4 Å². The molecule has 1 aliphatic rings. The standard InChI is InChI=1S/C19H25N5O/c1-14-7-6-10-20-19(14)22-18-11-16(17(12-21-18)23(2)3)24(13-25)15-8-4-5-9-15/h6-7,10-13,15H,4-5,8-9H2,1-3H3,(H,20,21,22). The van der Waals surface area contributed by atoms with Gasteiger partial charge in [-0.25, -0.2) is 9.97 Å². The third-order valence-corrected chi connectivity index (χ3v) is 4.71. The van der Waals surface area contributed by atoms with Crippen LogP contribution in [0.15, 0.2) is 30.6 Å². The van der Waals surface area contributed by atoms with Gasteiger partial charge in [-0.2, -0.15) is 0 Å². The van der Waals surface area contributed by atoms with Crippen molar-refractivity contribution in [2.75, 3.05) is 29.2 Å². The molecule has 1 N–H and O–H groups in total. The smallest absolute Gasteiger partial charge is 0.214 e. The van der Waals surface area contributed by atoms with Crippen molar-refractivity contribution in [3.63, 3.8) is 0 Å². The molecule has 1 amide bonds. The van der Waals surface area contributed by atoms with Crippen LogP contribution in [0.1, 0.15) is 31.2 Å². The molecule has 0 unspecified atom stereocenters. The summed E-state index contributed by atoms with van der Waals surface area (Å²) >= 11 is 0. The van der Waals surface area contributed by atoms with E-state index < -0.39 is 0 Å². The van der Waals surface area contributed by atoms with E-state index in [9.17, 15) is 4.79 Å². The van der Waals surface area contributed by atoms with Crippen molar-refractivity contribution in [2.24, 2.45) is 0 Å². The van der Waals surface area contributed by atoms with Crippen LogP contribution in [0.5, 0.6) is 0 Å². The molecule has 1 saturated carbocycles. The molecule has 6 heteroatoms. The molecular weight excluding hydrogens is 314 g/mol. The van der Waals surface area contributed by atoms with Crippen molar-refractivity contribution in [2.45, 2.75) is 38.6 Å². The number of hydrogen-bond acceptors (Lipinski definition) is 5. The van der Waals surface area contributed by atoms with Crippen molar-refractivity contribution in [1.29, 1.82) is 0 Å². The van der Waals surface area contributed by atoms with Gasteiger partial charge in [0.2, 0.25) is 6.41 Å². The largest absolute Gasteiger partial charge is 0.375 e. The Morgan fingerprint density at radius 1 is 1.20 bits per heavy atom. The second-order valence-corrected chi connectivity index (χ2v) is 6.70. The Balaban J connectivity index is 1.96. The van der Waals surface area contributed by atoms with Crippen LogP contribution in [-0.2, 0) is 4.79 Å². The number of aromatic nitrogens is 2. The molecule has 25 heavy (non-hydrogen) atoms. The molecule has 2 aromatic rings. The summed E-state index contributed by atoms with van der Waals surface area (Å²) in [5.41, 5.74) is 2.87. The van der Waals surface area contributed by atoms with Crippen molar-refractivity contribution >= 4 is 29.4 Å². The predicted octanol–water partition coefficient (Wildman–Crippen LogP) is 3.50. The van der Waals surface area contributed by atoms with Crippen molar-refractivity contribution in [3.8, 4) is 0 Å². The summed E-state index contributed by atoms with van der Waals surface area (Å²) < 4.78 is 0. The highest BCUT2D eigenvalue weighted by molar-refractivity contribution is 5.86. The van der Waals surface area contributed by atoms with Gasteiger partial charge in [0.05, 0.1) is 17.6 Å². The molecule has 132 valence electrons. The van der Waals surface area contributed by atoms with E-state index in [0.29, 0.717) is 5.82 Å². The zero-order valence-corrected chi connectivity index (χ0v) is 15.1. The van der Waals surface area contributed by atoms with Crippen LogP contribution in [0.25, 0.3) is 0 Å². The molecule has 3 rings (SSSR count). The first-order chi connectivity index (χ1) is 12.1. The van der Waals surface area contributed by atoms with E-state index >= 15 is 0 Å². The van der Waals surface area contributed by atoms with Gasteiger partial charge in [0.25, 0.3) is 0 Å². The van der Waals surface area contributed by atoms with E-state index in [1.165, 1.54) is 12.8 Å². The lowest BCUT2D eigenvalue weighted by molar-refractivity contribution is -0.107. The first-order valence-electron chi connectivity index (χ1n) is 8.70. The molecule has 0 aliphatic heterocycles. The van der Waals surface area contributed by atoms with Gasteiger partial charge in [0, 0.05) is 32.4 Å². The van der Waals surface area contributed by atoms with Gasteiger partial charge in [0.1, 0.15) is 11.6 Å². The lowest BCUT2D eigenvalue weighted by Gasteiger charge is -2.29. The van der Waals surface area contributed by atoms with Crippen LogP contribution in [-0.4, -0.2) is 36.5 Å². The zero-order chi connectivity index (χ0) is 17.8. The summed E-state index contributed by atoms with van der Waals surface area (Å²) in [4.78, 5) is 24.6. The second-order valence-electron chi connectivity index (χ2n) is 6.70. The minimum atomic E-state index is 0.267. The Morgan fingerprint density at radius 3 is 2.60 bits per heavy atom. The average molecular weight is 339 g/mol. The lowest BCUT2D eigenvalue weighted by atomic mass is 10.2. The molecule has 0 aromatic carbocycles. The Hall–Kier alpha value is -2.63. The van der Waals surface area contributed by atoms with E-state index in [4.69, 9.17) is 0 Å². The van der Waals surface area contributed by atoms with Crippen LogP contribution in [0.3, 0.4) is 0 Å². The summed E-state index contributed by atoms with van der Waals surface area (Å²) in [6, 6.07) is 6.11. The van der Waals surface area contributed by atoms with E-state index in [-0.39, 0.29) is 6.04 Å². The maximum absolute atomic E-state index is 11.8. The van der Waals surface area contributed by atoms with Gasteiger partial charge in [-0.15, -0.1) is 0 Å². The summed E-state index contributed by atoms with van der Waals surface area (Å²) in [7, 11) is 3.93. The number of nitrogens with one attached hydrogen (secondary N) is 1. The number of hydrogen-bond donors (Lipinski definition) is 1. The second kappa shape index (κ2) is 7.51. The number of carbonyl (C=O) groups excluding carboxylic acids is 1. The Labute approximate surface area is 148 Å². The van der Waals surface area contributed by atoms with Crippen molar-refractivity contribution in [3.05, 3.63) is 36.2 Å². The zero-order valence-electron chi connectivity index (χ0n) is 15.1. The van der Waals surface area contributed by atoms with E-state index in [2.05, 4.69) is 15.3 Å². The molecule has 0 saturated heterocycles. The highest BCUT2D eigenvalue weighted by Gasteiger charge is 2.25. The summed E-state index contributed by atoms with van der Waals surface area (Å²) in [6.45, 7) is 2.00. The summed E-state index contributed by atoms with van der Waals surface area (Å²) in [5.74, 6) is 1.46. The van der Waals surface area contributed by atoms with Gasteiger partial charge in [-0.05, 0) is 31.4 Å². The van der Waals surface area contributed by atoms with Crippen LogP contribution in [0.2, 0.25) is 0 Å². The number of anilines is 4. The van der Waals surface area contributed by atoms with Crippen LogP contribution >= 0.6 is 0 Å². The van der Waals surface area contributed by atoms with Crippen molar-refractivity contribution < 1.29 is 4.79 Å². The lowest BCUT2D eigenvalue weighted by Crippen LogP contribution is -2.33. The number of pyridine rings is 2. The Bertz CT molecular complexity index is 740. The number of amides is 1. The fraction of sp³-hybridized carbons (Fsp3) is 0.421. The number of rotatable bonds is 6. The minimum Gasteiger partial charge on any atom is -0.375 e. The number of aryl methyl sites for hydroxylation is 1. The topological polar surface area (TPSA) is 61.4 Å². The minimum absolute atomic E-state index is 0.267. The highest BCUT2D eigenvalue weighted by Crippen LogP contribution is 2.35. The maximum Gasteiger partial charge on any atom is 0.214 e. The van der Waals surface area contributed by atoms with Gasteiger partial charge >= 0.3 is 0 Å². The fourth-order valence-corrected chi connectivity index (χ4v) is 3.32. The van der Waals surface area contributed by atoms with Gasteiger partial charge in [-0.3, -0.25) is 4.79 Å². The summed E-state index contributed by atoms with van der Waals surface area (Å²) in [6.07, 6.45) is 8.97. The average Bonchev–Trinajstić information content (AvgIpc) is 3.12. The molecule has 0 bridgehead atoms. The quantitative estimate of drug-likeness (QED) is 0.816. The van der Waals surface area contributed by atoms with Crippen LogP contribution in [0.4, 0.5) is 23.0 Å². The number of carbonyl (C=O) groups is 1. The van der Waals surface area contributed by atoms with E-state index in [1.807, 2.05) is 49.0 Å². The molecule has 2 aromatic heterocycles. The van der Waals surface area contributed by atoms with Crippen LogP contribution in [0, 0.1) is 6.92 Å². The van der Waals surface area contributed by atoms with Crippen molar-refractivity contribution in [1.82, 2.24) is 9.97 Å². The highest BCUT2D eigenvalue weighted by atomic mass is 16.1. The van der Waals surface area contributed by atoms with Crippen LogP contribution < -0.4 is 15.1 Å².